The summed E-state index contributed by atoms with van der Waals surface area (Å²) in [7, 11) is -2.26. The lowest BCUT2D eigenvalue weighted by atomic mass is 11.8. The third-order valence-electron chi connectivity index (χ3n) is 0.957. The van der Waals surface area contributed by atoms with Gasteiger partial charge in [-0.05, 0) is 0 Å². The van der Waals surface area contributed by atoms with Crippen LogP contribution in [-0.4, -0.2) is 19.4 Å². The Balaban J connectivity index is 4.70. The summed E-state index contributed by atoms with van der Waals surface area (Å²) < 4.78 is 0. The van der Waals surface area contributed by atoms with Gasteiger partial charge in [0.2, 0.25) is 7.42 Å². The quantitative estimate of drug-likeness (QED) is 0.500. The minimum Gasteiger partial charge on any atom is -0.150 e. The minimum absolute atomic E-state index is 0.677. The van der Waals surface area contributed by atoms with Crippen LogP contribution in [0, 0.1) is 0 Å². The van der Waals surface area contributed by atoms with Gasteiger partial charge in [0, 0.05) is 0 Å². The van der Waals surface area contributed by atoms with Crippen LogP contribution in [0.4, 0.5) is 0 Å². The van der Waals surface area contributed by atoms with Gasteiger partial charge in [0.15, 0.2) is 0 Å². The van der Waals surface area contributed by atoms with Gasteiger partial charge in [-0.1, -0.05) is 0 Å². The first kappa shape index (κ1) is 15.0. The van der Waals surface area contributed by atoms with Gasteiger partial charge < -0.3 is 0 Å². The Labute approximate surface area is 112 Å². The predicted octanol–water partition coefficient (Wildman–Crippen LogP) is 4.44. The molecule has 0 aliphatic carbocycles. The van der Waals surface area contributed by atoms with E-state index in [2.05, 4.69) is 0 Å². The molecule has 0 nitrogen and oxygen atoms in total. The molecular weight excluding hydrogens is 380 g/mol. The molecule has 0 aliphatic heterocycles. The van der Waals surface area contributed by atoms with Crippen molar-refractivity contribution in [3.05, 3.63) is 0 Å². The van der Waals surface area contributed by atoms with Crippen molar-refractivity contribution < 1.29 is 0 Å². The zero-order valence-electron chi connectivity index (χ0n) is 5.18. The van der Waals surface area contributed by atoms with Crippen molar-refractivity contribution in [2.45, 2.75) is 4.79 Å². The second-order valence-electron chi connectivity index (χ2n) is 1.90. The molecule has 11 heteroatoms. The second kappa shape index (κ2) is 5.34. The van der Waals surface area contributed by atoms with Crippen molar-refractivity contribution in [1.29, 1.82) is 0 Å². The van der Waals surface area contributed by atoms with Crippen LogP contribution in [-0.2, 0) is 0 Å². The van der Waals surface area contributed by atoms with Crippen molar-refractivity contribution in [1.82, 2.24) is 0 Å². The lowest BCUT2D eigenvalue weighted by Gasteiger charge is -2.26. The molecule has 0 N–H and O–H groups in total. The first-order valence-electron chi connectivity index (χ1n) is 2.48. The molecule has 0 unspecified atom stereocenters. The highest BCUT2D eigenvalue weighted by Crippen LogP contribution is 2.49. The number of hydrogen-bond acceptors (Lipinski definition) is 0. The van der Waals surface area contributed by atoms with E-state index >= 15 is 0 Å². The summed E-state index contributed by atoms with van der Waals surface area (Å²) in [6, 6.07) is -6.21. The summed E-state index contributed by atoms with van der Waals surface area (Å²) in [6.07, 6.45) is 0. The van der Waals surface area contributed by atoms with Crippen LogP contribution in [0.5, 0.6) is 0 Å². The molecule has 0 aromatic carbocycles. The highest BCUT2D eigenvalue weighted by atomic mass is 35.8. The molecule has 12 heavy (non-hydrogen) atoms. The van der Waals surface area contributed by atoms with Crippen LogP contribution in [0.2, 0.25) is 4.79 Å². The van der Waals surface area contributed by atoms with Gasteiger partial charge in [0.05, 0.1) is 4.79 Å². The standard InChI is InChI=1S/CH2Cl8Si3/c2-10(3)1(11(4,5)6)12(7,8)9/h1,10H. The number of hydrogen-bond donors (Lipinski definition) is 0. The van der Waals surface area contributed by atoms with Crippen LogP contribution in [0.1, 0.15) is 0 Å². The Morgan fingerprint density at radius 3 is 1.00 bits per heavy atom. The summed E-state index contributed by atoms with van der Waals surface area (Å²) in [5.41, 5.74) is 0. The highest BCUT2D eigenvalue weighted by molar-refractivity contribution is 7.80. The molecule has 0 saturated carbocycles. The minimum atomic E-state index is -3.10. The Morgan fingerprint density at radius 2 is 1.00 bits per heavy atom. The van der Waals surface area contributed by atoms with Gasteiger partial charge in [-0.15, -0.1) is 66.5 Å². The van der Waals surface area contributed by atoms with Gasteiger partial charge in [-0.2, -0.15) is 22.2 Å². The fraction of sp³-hybridized carbons (Fsp3) is 1.00. The molecule has 0 aromatic heterocycles. The van der Waals surface area contributed by atoms with Crippen molar-refractivity contribution in [2.24, 2.45) is 0 Å². The van der Waals surface area contributed by atoms with E-state index in [1.54, 1.807) is 0 Å². The molecule has 0 bridgehead atoms. The first-order valence-corrected chi connectivity index (χ1v) is 16.9. The molecule has 0 rings (SSSR count). The smallest absolute Gasteiger partial charge is 0.150 e. The lowest BCUT2D eigenvalue weighted by Crippen LogP contribution is -2.40. The van der Waals surface area contributed by atoms with Gasteiger partial charge in [0.25, 0.3) is 0 Å². The normalized spacial score (nSPS) is 14.5. The zero-order valence-corrected chi connectivity index (χ0v) is 14.4. The Bertz CT molecular complexity index is 129. The highest BCUT2D eigenvalue weighted by Gasteiger charge is 2.55. The molecule has 0 spiro atoms. The van der Waals surface area contributed by atoms with E-state index in [0.717, 1.165) is 0 Å². The van der Waals surface area contributed by atoms with Crippen LogP contribution in [0.3, 0.4) is 0 Å². The monoisotopic (exact) mass is 378 g/mol. The third kappa shape index (κ3) is 5.16. The maximum absolute atomic E-state index is 5.70. The molecule has 0 heterocycles. The summed E-state index contributed by atoms with van der Waals surface area (Å²) in [5.74, 6) is 0. The van der Waals surface area contributed by atoms with Gasteiger partial charge in [0.1, 0.15) is 0 Å². The SMILES string of the molecule is Cl[SiH](Cl)C([Si](Cl)(Cl)Cl)[Si](Cl)(Cl)Cl. The third-order valence-corrected chi connectivity index (χ3v) is 25.8. The van der Waals surface area contributed by atoms with Crippen LogP contribution < -0.4 is 0 Å². The molecule has 0 radical (unpaired) electrons. The summed E-state index contributed by atoms with van der Waals surface area (Å²) in [6.45, 7) is 0. The van der Waals surface area contributed by atoms with Gasteiger partial charge in [-0.3, -0.25) is 0 Å². The van der Waals surface area contributed by atoms with Gasteiger partial charge in [-0.25, -0.2) is 0 Å². The average molecular weight is 382 g/mol. The molecule has 0 saturated heterocycles. The molecule has 0 aromatic rings. The molecule has 0 fully saturated rings. The average Bonchev–Trinajstić information content (AvgIpc) is 1.49. The van der Waals surface area contributed by atoms with Crippen molar-refractivity contribution >= 4 is 108 Å². The van der Waals surface area contributed by atoms with Crippen LogP contribution in [0.25, 0.3) is 0 Å². The van der Waals surface area contributed by atoms with E-state index < -0.39 is 24.2 Å². The maximum atomic E-state index is 5.70. The fourth-order valence-electron chi connectivity index (χ4n) is 0.471. The molecule has 0 atom stereocenters. The maximum Gasteiger partial charge on any atom is 0.344 e. The lowest BCUT2D eigenvalue weighted by molar-refractivity contribution is 1.79. The number of halogens is 8. The Morgan fingerprint density at radius 1 is 0.750 bits per heavy atom. The Hall–Kier alpha value is 2.97. The van der Waals surface area contributed by atoms with Gasteiger partial charge >= 0.3 is 12.0 Å². The van der Waals surface area contributed by atoms with Crippen LogP contribution in [0.15, 0.2) is 0 Å². The Kier molecular flexibility index (Phi) is 6.67. The topological polar surface area (TPSA) is 0 Å². The van der Waals surface area contributed by atoms with E-state index in [1.165, 1.54) is 0 Å². The van der Waals surface area contributed by atoms with Crippen molar-refractivity contribution in [2.75, 3.05) is 0 Å². The zero-order chi connectivity index (χ0) is 10.2. The van der Waals surface area contributed by atoms with E-state index in [9.17, 15) is 0 Å². The molecular formula is CH2Cl8Si3. The van der Waals surface area contributed by atoms with E-state index in [0.29, 0.717) is 0 Å². The molecule has 74 valence electrons. The largest absolute Gasteiger partial charge is 0.344 e. The first-order chi connectivity index (χ1) is 5.07. The predicted molar refractivity (Wildman–Crippen MR) is 69.2 cm³/mol. The summed E-state index contributed by atoms with van der Waals surface area (Å²) in [4.78, 5) is -0.677. The summed E-state index contributed by atoms with van der Waals surface area (Å²) >= 11 is 45.5. The molecule has 0 amide bonds. The fourth-order valence-corrected chi connectivity index (χ4v) is 38.2. The molecule has 0 aliphatic rings. The van der Waals surface area contributed by atoms with E-state index in [1.807, 2.05) is 0 Å². The van der Waals surface area contributed by atoms with E-state index in [4.69, 9.17) is 88.6 Å². The summed E-state index contributed by atoms with van der Waals surface area (Å²) in [5, 5.41) is 0. The van der Waals surface area contributed by atoms with E-state index in [-0.39, 0.29) is 0 Å². The van der Waals surface area contributed by atoms with Crippen molar-refractivity contribution in [3.63, 3.8) is 0 Å². The number of rotatable bonds is 3. The van der Waals surface area contributed by atoms with Crippen molar-refractivity contribution in [3.8, 4) is 0 Å². The van der Waals surface area contributed by atoms with Crippen LogP contribution >= 0.6 is 88.6 Å². The second-order valence-corrected chi connectivity index (χ2v) is 26.3.